The van der Waals surface area contributed by atoms with Crippen LogP contribution in [0.2, 0.25) is 0 Å². The maximum absolute atomic E-state index is 13.5. The number of benzene rings is 2. The van der Waals surface area contributed by atoms with E-state index in [0.29, 0.717) is 60.2 Å². The smallest absolute Gasteiger partial charge is 0.193 e. The monoisotopic (exact) mass is 470 g/mol. The SMILES string of the molecule is COc1ccc(C(=O)c2ccc(OC)c(C3OCC(C)(C)CO3)c2)cc1C1OCC(C)(C)CO1. The van der Waals surface area contributed by atoms with Crippen LogP contribution in [-0.4, -0.2) is 46.4 Å². The first-order chi connectivity index (χ1) is 16.1. The van der Waals surface area contributed by atoms with Crippen molar-refractivity contribution in [2.75, 3.05) is 40.6 Å². The summed E-state index contributed by atoms with van der Waals surface area (Å²) >= 11 is 0. The van der Waals surface area contributed by atoms with E-state index in [2.05, 4.69) is 27.7 Å². The summed E-state index contributed by atoms with van der Waals surface area (Å²) in [6.45, 7) is 10.6. The molecule has 0 saturated carbocycles. The van der Waals surface area contributed by atoms with Crippen molar-refractivity contribution in [1.29, 1.82) is 0 Å². The maximum atomic E-state index is 13.5. The van der Waals surface area contributed by atoms with Crippen molar-refractivity contribution in [3.05, 3.63) is 58.7 Å². The number of carbonyl (C=O) groups is 1. The average molecular weight is 471 g/mol. The highest BCUT2D eigenvalue weighted by molar-refractivity contribution is 6.09. The van der Waals surface area contributed by atoms with E-state index in [1.54, 1.807) is 50.6 Å². The maximum Gasteiger partial charge on any atom is 0.193 e. The van der Waals surface area contributed by atoms with Gasteiger partial charge >= 0.3 is 0 Å². The number of carbonyl (C=O) groups excluding carboxylic acids is 1. The molecule has 2 saturated heterocycles. The van der Waals surface area contributed by atoms with Gasteiger partial charge in [0.25, 0.3) is 0 Å². The summed E-state index contributed by atoms with van der Waals surface area (Å²) in [6.07, 6.45) is -1.18. The van der Waals surface area contributed by atoms with Gasteiger partial charge in [0.2, 0.25) is 0 Å². The van der Waals surface area contributed by atoms with Gasteiger partial charge in [-0.25, -0.2) is 0 Å². The van der Waals surface area contributed by atoms with Gasteiger partial charge in [-0.15, -0.1) is 0 Å². The zero-order chi connectivity index (χ0) is 24.5. The van der Waals surface area contributed by atoms with E-state index in [9.17, 15) is 4.79 Å². The molecule has 34 heavy (non-hydrogen) atoms. The van der Waals surface area contributed by atoms with Gasteiger partial charge < -0.3 is 28.4 Å². The molecule has 0 unspecified atom stereocenters. The van der Waals surface area contributed by atoms with Crippen LogP contribution >= 0.6 is 0 Å². The Hall–Kier alpha value is -2.45. The fourth-order valence-electron chi connectivity index (χ4n) is 4.03. The van der Waals surface area contributed by atoms with Gasteiger partial charge in [-0.1, -0.05) is 27.7 Å². The molecule has 2 aromatic rings. The Bertz CT molecular complexity index is 942. The topological polar surface area (TPSA) is 72.5 Å². The normalized spacial score (nSPS) is 20.6. The summed E-state index contributed by atoms with van der Waals surface area (Å²) in [5, 5.41) is 0. The van der Waals surface area contributed by atoms with Crippen LogP contribution in [-0.2, 0) is 18.9 Å². The fourth-order valence-corrected chi connectivity index (χ4v) is 4.03. The van der Waals surface area contributed by atoms with Crippen LogP contribution in [0.4, 0.5) is 0 Å². The van der Waals surface area contributed by atoms with Crippen molar-refractivity contribution in [2.24, 2.45) is 10.8 Å². The van der Waals surface area contributed by atoms with Crippen LogP contribution in [0.1, 0.15) is 67.3 Å². The van der Waals surface area contributed by atoms with Crippen molar-refractivity contribution >= 4 is 5.78 Å². The third kappa shape index (κ3) is 5.28. The molecule has 2 heterocycles. The summed E-state index contributed by atoms with van der Waals surface area (Å²) in [6, 6.07) is 10.6. The zero-order valence-electron chi connectivity index (χ0n) is 20.8. The van der Waals surface area contributed by atoms with Crippen LogP contribution < -0.4 is 9.47 Å². The molecule has 7 heteroatoms. The number of ether oxygens (including phenoxy) is 6. The molecule has 0 spiro atoms. The van der Waals surface area contributed by atoms with Gasteiger partial charge in [0.1, 0.15) is 11.5 Å². The van der Waals surface area contributed by atoms with E-state index >= 15 is 0 Å². The standard InChI is InChI=1S/C27H34O7/c1-26(2)13-31-24(32-14-26)19-11-17(7-9-21(19)29-5)23(28)18-8-10-22(30-6)20(12-18)25-33-15-27(3,4)16-34-25/h7-12,24-25H,13-16H2,1-6H3. The van der Waals surface area contributed by atoms with E-state index in [1.165, 1.54) is 0 Å². The largest absolute Gasteiger partial charge is 0.496 e. The van der Waals surface area contributed by atoms with Crippen molar-refractivity contribution in [3.63, 3.8) is 0 Å². The molecule has 0 aliphatic carbocycles. The minimum absolute atomic E-state index is 0.0604. The van der Waals surface area contributed by atoms with Crippen molar-refractivity contribution in [1.82, 2.24) is 0 Å². The summed E-state index contributed by atoms with van der Waals surface area (Å²) in [4.78, 5) is 13.5. The van der Waals surface area contributed by atoms with Crippen LogP contribution in [0.3, 0.4) is 0 Å². The first-order valence-corrected chi connectivity index (χ1v) is 11.5. The predicted molar refractivity (Wildman–Crippen MR) is 126 cm³/mol. The Morgan fingerprint density at radius 3 is 1.38 bits per heavy atom. The van der Waals surface area contributed by atoms with E-state index in [1.807, 2.05) is 0 Å². The molecule has 2 aliphatic heterocycles. The molecular formula is C27H34O7. The molecule has 0 atom stereocenters. The van der Waals surface area contributed by atoms with Gasteiger partial charge in [0, 0.05) is 22.0 Å². The molecule has 4 rings (SSSR count). The molecule has 0 bridgehead atoms. The third-order valence-electron chi connectivity index (χ3n) is 5.99. The molecule has 184 valence electrons. The highest BCUT2D eigenvalue weighted by Gasteiger charge is 2.33. The van der Waals surface area contributed by atoms with E-state index in [-0.39, 0.29) is 16.6 Å². The highest BCUT2D eigenvalue weighted by Crippen LogP contribution is 2.38. The lowest BCUT2D eigenvalue weighted by Gasteiger charge is -2.35. The van der Waals surface area contributed by atoms with E-state index in [0.717, 1.165) is 0 Å². The predicted octanol–water partition coefficient (Wildman–Crippen LogP) is 5.08. The molecule has 2 aromatic carbocycles. The fraction of sp³-hybridized carbons (Fsp3) is 0.519. The molecular weight excluding hydrogens is 436 g/mol. The number of hydrogen-bond acceptors (Lipinski definition) is 7. The van der Waals surface area contributed by atoms with Gasteiger partial charge in [0.15, 0.2) is 18.4 Å². The Labute approximate surface area is 201 Å². The molecule has 7 nitrogen and oxygen atoms in total. The molecule has 0 amide bonds. The van der Waals surface area contributed by atoms with Gasteiger partial charge in [-0.3, -0.25) is 4.79 Å². The quantitative estimate of drug-likeness (QED) is 0.545. The zero-order valence-corrected chi connectivity index (χ0v) is 20.8. The summed E-state index contributed by atoms with van der Waals surface area (Å²) < 4.78 is 34.8. The highest BCUT2D eigenvalue weighted by atomic mass is 16.7. The second kappa shape index (κ2) is 9.66. The van der Waals surface area contributed by atoms with Crippen LogP contribution in [0.5, 0.6) is 11.5 Å². The first-order valence-electron chi connectivity index (χ1n) is 11.5. The van der Waals surface area contributed by atoms with Crippen molar-refractivity contribution in [2.45, 2.75) is 40.3 Å². The Kier molecular flexibility index (Phi) is 7.01. The number of ketones is 1. The molecule has 2 aliphatic rings. The molecule has 0 N–H and O–H groups in total. The second-order valence-electron chi connectivity index (χ2n) is 10.5. The minimum atomic E-state index is -0.588. The first kappa shape index (κ1) is 24.7. The minimum Gasteiger partial charge on any atom is -0.496 e. The summed E-state index contributed by atoms with van der Waals surface area (Å²) in [5.41, 5.74) is 2.29. The van der Waals surface area contributed by atoms with Crippen LogP contribution in [0.25, 0.3) is 0 Å². The second-order valence-corrected chi connectivity index (χ2v) is 10.5. The van der Waals surface area contributed by atoms with E-state index < -0.39 is 12.6 Å². The average Bonchev–Trinajstić information content (AvgIpc) is 2.83. The summed E-state index contributed by atoms with van der Waals surface area (Å²) in [7, 11) is 3.18. The number of rotatable bonds is 6. The number of hydrogen-bond donors (Lipinski definition) is 0. The Morgan fingerprint density at radius 1 is 0.706 bits per heavy atom. The Balaban J connectivity index is 1.61. The molecule has 0 radical (unpaired) electrons. The van der Waals surface area contributed by atoms with Crippen molar-refractivity contribution in [3.8, 4) is 11.5 Å². The molecule has 0 aromatic heterocycles. The van der Waals surface area contributed by atoms with Gasteiger partial charge in [-0.05, 0) is 36.4 Å². The van der Waals surface area contributed by atoms with Gasteiger partial charge in [0.05, 0.1) is 51.8 Å². The lowest BCUT2D eigenvalue weighted by atomic mass is 9.94. The van der Waals surface area contributed by atoms with Crippen LogP contribution in [0.15, 0.2) is 36.4 Å². The Morgan fingerprint density at radius 2 is 1.06 bits per heavy atom. The molecule has 2 fully saturated rings. The summed E-state index contributed by atoms with van der Waals surface area (Å²) in [5.74, 6) is 1.09. The van der Waals surface area contributed by atoms with Gasteiger partial charge in [-0.2, -0.15) is 0 Å². The van der Waals surface area contributed by atoms with Crippen LogP contribution in [0, 0.1) is 10.8 Å². The lowest BCUT2D eigenvalue weighted by Crippen LogP contribution is -2.34. The number of methoxy groups -OCH3 is 2. The van der Waals surface area contributed by atoms with Crippen molar-refractivity contribution < 1.29 is 33.2 Å². The lowest BCUT2D eigenvalue weighted by molar-refractivity contribution is -0.226. The third-order valence-corrected chi connectivity index (χ3v) is 5.99. The van der Waals surface area contributed by atoms with E-state index in [4.69, 9.17) is 28.4 Å².